The molecule has 6 nitrogen and oxygen atoms in total. The monoisotopic (exact) mass is 512 g/mol. The maximum absolute atomic E-state index is 12.4. The van der Waals surface area contributed by atoms with Crippen LogP contribution in [0.5, 0.6) is 0 Å². The molecule has 1 aliphatic rings. The molecule has 0 bridgehead atoms. The third-order valence-corrected chi connectivity index (χ3v) is 7.86. The molecule has 4 aromatic rings. The van der Waals surface area contributed by atoms with E-state index in [1.165, 1.54) is 57.2 Å². The number of aryl methyl sites for hydroxylation is 2. The van der Waals surface area contributed by atoms with Crippen molar-refractivity contribution >= 4 is 33.6 Å². The second kappa shape index (κ2) is 12.8. The normalized spacial score (nSPS) is 17.6. The molecular weight excluding hydrogens is 472 g/mol. The minimum atomic E-state index is 0.0702. The lowest BCUT2D eigenvalue weighted by atomic mass is 10.0. The number of amides is 2. The molecule has 0 fully saturated rings. The number of aromatic amines is 2. The summed E-state index contributed by atoms with van der Waals surface area (Å²) in [5.41, 5.74) is 7.65. The summed E-state index contributed by atoms with van der Waals surface area (Å²) in [6.07, 6.45) is 10.8. The van der Waals surface area contributed by atoms with Gasteiger partial charge in [-0.3, -0.25) is 9.59 Å². The van der Waals surface area contributed by atoms with E-state index in [4.69, 9.17) is 0 Å². The molecule has 38 heavy (non-hydrogen) atoms. The zero-order valence-electron chi connectivity index (χ0n) is 22.3. The highest BCUT2D eigenvalue weighted by atomic mass is 16.2. The maximum atomic E-state index is 12.4. The lowest BCUT2D eigenvalue weighted by Crippen LogP contribution is -2.26. The van der Waals surface area contributed by atoms with Crippen LogP contribution < -0.4 is 10.6 Å². The van der Waals surface area contributed by atoms with Crippen molar-refractivity contribution < 1.29 is 9.59 Å². The summed E-state index contributed by atoms with van der Waals surface area (Å²) >= 11 is 0. The van der Waals surface area contributed by atoms with Crippen molar-refractivity contribution in [2.75, 3.05) is 13.1 Å². The van der Waals surface area contributed by atoms with E-state index in [1.807, 2.05) is 0 Å². The number of carbonyl (C=O) groups is 2. The number of fused-ring (bicyclic) bond motifs is 6. The van der Waals surface area contributed by atoms with Crippen molar-refractivity contribution in [2.24, 2.45) is 0 Å². The molecule has 2 amide bonds. The molecule has 1 aliphatic heterocycles. The standard InChI is InChI=1S/C32H40N4O2/c37-31-17-9-10-18-32(38)34-22-20-26-24-12-6-8-16-28(24)36-30(26)14-4-2-1-3-13-29-25(19-21-33-31)23-11-5-7-15-27(23)35-29/h5-8,11-12,15-16,35-36H,1-4,9-10,13-14,17-22H2,(H,33,37)(H,34,38). The van der Waals surface area contributed by atoms with Crippen molar-refractivity contribution in [2.45, 2.75) is 77.0 Å². The van der Waals surface area contributed by atoms with Gasteiger partial charge in [0.1, 0.15) is 0 Å². The van der Waals surface area contributed by atoms with Gasteiger partial charge in [-0.1, -0.05) is 49.2 Å². The zero-order valence-corrected chi connectivity index (χ0v) is 22.3. The van der Waals surface area contributed by atoms with E-state index in [9.17, 15) is 9.59 Å². The van der Waals surface area contributed by atoms with Crippen LogP contribution in [-0.4, -0.2) is 34.9 Å². The van der Waals surface area contributed by atoms with Gasteiger partial charge in [-0.05, 0) is 74.6 Å². The van der Waals surface area contributed by atoms with Crippen LogP contribution in [0.3, 0.4) is 0 Å². The number of carbonyl (C=O) groups excluding carboxylic acids is 2. The van der Waals surface area contributed by atoms with Crippen LogP contribution in [0, 0.1) is 0 Å². The summed E-state index contributed by atoms with van der Waals surface area (Å²) in [7, 11) is 0. The summed E-state index contributed by atoms with van der Waals surface area (Å²) in [4.78, 5) is 32.1. The summed E-state index contributed by atoms with van der Waals surface area (Å²) < 4.78 is 0. The topological polar surface area (TPSA) is 89.8 Å². The summed E-state index contributed by atoms with van der Waals surface area (Å²) in [5.74, 6) is 0.140. The van der Waals surface area contributed by atoms with E-state index < -0.39 is 0 Å². The fraction of sp³-hybridized carbons (Fsp3) is 0.438. The van der Waals surface area contributed by atoms with Gasteiger partial charge < -0.3 is 20.6 Å². The van der Waals surface area contributed by atoms with E-state index in [2.05, 4.69) is 69.1 Å². The molecule has 6 heteroatoms. The van der Waals surface area contributed by atoms with Gasteiger partial charge in [0.2, 0.25) is 11.8 Å². The summed E-state index contributed by atoms with van der Waals surface area (Å²) in [5, 5.41) is 8.72. The molecule has 0 unspecified atom stereocenters. The molecule has 0 spiro atoms. The van der Waals surface area contributed by atoms with E-state index in [1.54, 1.807) is 0 Å². The number of H-pyrrole nitrogens is 2. The Balaban J connectivity index is 1.28. The molecule has 2 aromatic heterocycles. The minimum absolute atomic E-state index is 0.0702. The van der Waals surface area contributed by atoms with E-state index in [-0.39, 0.29) is 11.8 Å². The SMILES string of the molecule is O=C1CCCCC(=O)NCCc2c([nH]c3ccccc23)CCCCCCc2[nH]c3ccccc3c2CCN1. The molecule has 2 aromatic carbocycles. The third-order valence-electron chi connectivity index (χ3n) is 7.86. The third kappa shape index (κ3) is 6.47. The number of para-hydroxylation sites is 2. The summed E-state index contributed by atoms with van der Waals surface area (Å²) in [6, 6.07) is 17.0. The first kappa shape index (κ1) is 26.1. The van der Waals surface area contributed by atoms with Gasteiger partial charge in [0, 0.05) is 59.1 Å². The smallest absolute Gasteiger partial charge is 0.220 e. The maximum Gasteiger partial charge on any atom is 0.220 e. The molecule has 200 valence electrons. The predicted octanol–water partition coefficient (Wildman–Crippen LogP) is 5.89. The van der Waals surface area contributed by atoms with Crippen molar-refractivity contribution in [3.05, 3.63) is 71.0 Å². The minimum Gasteiger partial charge on any atom is -0.358 e. The van der Waals surface area contributed by atoms with Crippen LogP contribution in [0.2, 0.25) is 0 Å². The molecule has 4 N–H and O–H groups in total. The Morgan fingerprint density at radius 2 is 0.895 bits per heavy atom. The molecule has 3 heterocycles. The highest BCUT2D eigenvalue weighted by molar-refractivity contribution is 5.85. The van der Waals surface area contributed by atoms with Crippen LogP contribution in [0.4, 0.5) is 0 Å². The molecule has 0 atom stereocenters. The first-order valence-electron chi connectivity index (χ1n) is 14.4. The van der Waals surface area contributed by atoms with Crippen LogP contribution >= 0.6 is 0 Å². The Morgan fingerprint density at radius 3 is 1.37 bits per heavy atom. The second-order valence-electron chi connectivity index (χ2n) is 10.6. The first-order valence-corrected chi connectivity index (χ1v) is 14.4. The van der Waals surface area contributed by atoms with Crippen molar-refractivity contribution in [3.63, 3.8) is 0 Å². The number of rotatable bonds is 0. The Morgan fingerprint density at radius 1 is 0.474 bits per heavy atom. The Bertz CT molecular complexity index is 1280. The van der Waals surface area contributed by atoms with Crippen LogP contribution in [0.25, 0.3) is 21.8 Å². The lowest BCUT2D eigenvalue weighted by Gasteiger charge is -2.09. The fourth-order valence-electron chi connectivity index (χ4n) is 5.87. The second-order valence-corrected chi connectivity index (χ2v) is 10.6. The van der Waals surface area contributed by atoms with Crippen molar-refractivity contribution in [1.82, 2.24) is 20.6 Å². The Hall–Kier alpha value is -3.54. The number of nitrogens with one attached hydrogen (secondary N) is 4. The lowest BCUT2D eigenvalue weighted by molar-refractivity contribution is -0.123. The molecular formula is C32H40N4O2. The summed E-state index contributed by atoms with van der Waals surface area (Å²) in [6.45, 7) is 1.28. The van der Waals surface area contributed by atoms with Gasteiger partial charge in [0.15, 0.2) is 0 Å². The van der Waals surface area contributed by atoms with Gasteiger partial charge in [0.25, 0.3) is 0 Å². The number of benzene rings is 2. The van der Waals surface area contributed by atoms with Gasteiger partial charge in [0.05, 0.1) is 0 Å². The Labute approximate surface area is 225 Å². The highest BCUT2D eigenvalue weighted by Gasteiger charge is 2.14. The van der Waals surface area contributed by atoms with Gasteiger partial charge >= 0.3 is 0 Å². The average molecular weight is 513 g/mol. The van der Waals surface area contributed by atoms with Crippen molar-refractivity contribution in [1.29, 1.82) is 0 Å². The zero-order chi connectivity index (χ0) is 26.2. The molecule has 0 radical (unpaired) electrons. The fourth-order valence-corrected chi connectivity index (χ4v) is 5.87. The first-order chi connectivity index (χ1) is 18.7. The number of hydrogen-bond acceptors (Lipinski definition) is 2. The Kier molecular flexibility index (Phi) is 8.79. The van der Waals surface area contributed by atoms with Gasteiger partial charge in [-0.2, -0.15) is 0 Å². The largest absolute Gasteiger partial charge is 0.358 e. The molecule has 0 aliphatic carbocycles. The quantitative estimate of drug-likeness (QED) is 0.237. The van der Waals surface area contributed by atoms with E-state index in [0.29, 0.717) is 25.9 Å². The van der Waals surface area contributed by atoms with E-state index >= 15 is 0 Å². The molecule has 0 saturated carbocycles. The average Bonchev–Trinajstić information content (AvgIpc) is 3.46. The number of aromatic nitrogens is 2. The van der Waals surface area contributed by atoms with Crippen molar-refractivity contribution in [3.8, 4) is 0 Å². The number of hydrogen-bond donors (Lipinski definition) is 4. The van der Waals surface area contributed by atoms with Crippen LogP contribution in [0.15, 0.2) is 48.5 Å². The van der Waals surface area contributed by atoms with Gasteiger partial charge in [-0.25, -0.2) is 0 Å². The van der Waals surface area contributed by atoms with Gasteiger partial charge in [-0.15, -0.1) is 0 Å². The predicted molar refractivity (Wildman–Crippen MR) is 154 cm³/mol. The molecule has 0 saturated heterocycles. The highest BCUT2D eigenvalue weighted by Crippen LogP contribution is 2.26. The van der Waals surface area contributed by atoms with Crippen LogP contribution in [-0.2, 0) is 35.3 Å². The molecule has 5 rings (SSSR count). The van der Waals surface area contributed by atoms with Crippen LogP contribution in [0.1, 0.15) is 73.9 Å². The van der Waals surface area contributed by atoms with E-state index in [0.717, 1.165) is 51.4 Å².